The molecule has 0 aliphatic heterocycles. The molecule has 1 atom stereocenters. The minimum atomic E-state index is -0.396. The lowest BCUT2D eigenvalue weighted by Gasteiger charge is -2.17. The fourth-order valence-corrected chi connectivity index (χ4v) is 2.23. The zero-order chi connectivity index (χ0) is 15.4. The molecule has 0 radical (unpaired) electrons. The fourth-order valence-electron chi connectivity index (χ4n) is 2.06. The third-order valence-electron chi connectivity index (χ3n) is 3.17. The smallest absolute Gasteiger partial charge is 0.255 e. The number of nitrogens with one attached hydrogen (secondary N) is 1. The Kier molecular flexibility index (Phi) is 4.80. The summed E-state index contributed by atoms with van der Waals surface area (Å²) in [5.74, 6) is 0.186. The van der Waals surface area contributed by atoms with Crippen LogP contribution in [0.15, 0.2) is 24.5 Å². The number of aryl methyl sites for hydroxylation is 1. The van der Waals surface area contributed by atoms with E-state index in [0.717, 1.165) is 0 Å². The van der Waals surface area contributed by atoms with Gasteiger partial charge in [-0.25, -0.2) is 9.67 Å². The molecule has 2 N–H and O–H groups in total. The number of carbonyl (C=O) groups excluding carboxylic acids is 1. The molecule has 2 rings (SSSR count). The Labute approximate surface area is 127 Å². The van der Waals surface area contributed by atoms with E-state index in [1.807, 2.05) is 13.8 Å². The Balaban J connectivity index is 2.22. The first-order valence-corrected chi connectivity index (χ1v) is 7.11. The maximum atomic E-state index is 12.3. The Morgan fingerprint density at radius 2 is 2.24 bits per heavy atom. The largest absolute Gasteiger partial charge is 0.507 e. The number of hydrogen-bond donors (Lipinski definition) is 2. The predicted octanol–water partition coefficient (Wildman–Crippen LogP) is 2.54. The molecule has 112 valence electrons. The normalized spacial score (nSPS) is 12.1. The molecule has 2 aromatic rings. The Morgan fingerprint density at radius 3 is 2.90 bits per heavy atom. The summed E-state index contributed by atoms with van der Waals surface area (Å²) in [6.07, 6.45) is 2.12. The van der Waals surface area contributed by atoms with Crippen molar-refractivity contribution in [1.82, 2.24) is 20.1 Å². The van der Waals surface area contributed by atoms with E-state index in [1.165, 1.54) is 24.5 Å². The Morgan fingerprint density at radius 1 is 1.48 bits per heavy atom. The number of aromatic nitrogens is 3. The van der Waals surface area contributed by atoms with E-state index in [-0.39, 0.29) is 17.4 Å². The van der Waals surface area contributed by atoms with Crippen LogP contribution in [0, 0.1) is 0 Å². The molecule has 0 unspecified atom stereocenters. The molecule has 1 heterocycles. The molecule has 0 aliphatic rings. The standard InChI is InChI=1S/C14H17ClN4O2/c1-3-11(13-16-8-17-19(13)4-2)18-14(21)10-7-9(15)5-6-12(10)20/h5-8,11,20H,3-4H2,1-2H3,(H,18,21)/t11-/m1/s1. The highest BCUT2D eigenvalue weighted by molar-refractivity contribution is 6.31. The Bertz CT molecular complexity index is 642. The molecule has 0 saturated carbocycles. The summed E-state index contributed by atoms with van der Waals surface area (Å²) in [4.78, 5) is 16.5. The second-order valence-corrected chi connectivity index (χ2v) is 4.97. The second kappa shape index (κ2) is 6.58. The number of amides is 1. The number of carbonyl (C=O) groups is 1. The van der Waals surface area contributed by atoms with Gasteiger partial charge in [0.25, 0.3) is 5.91 Å². The number of benzene rings is 1. The molecule has 21 heavy (non-hydrogen) atoms. The van der Waals surface area contributed by atoms with Crippen molar-refractivity contribution < 1.29 is 9.90 Å². The average molecular weight is 309 g/mol. The molecule has 0 spiro atoms. The number of hydrogen-bond acceptors (Lipinski definition) is 4. The van der Waals surface area contributed by atoms with Crippen LogP contribution in [0.3, 0.4) is 0 Å². The molecule has 7 heteroatoms. The van der Waals surface area contributed by atoms with Gasteiger partial charge >= 0.3 is 0 Å². The third-order valence-corrected chi connectivity index (χ3v) is 3.41. The van der Waals surface area contributed by atoms with E-state index in [4.69, 9.17) is 11.6 Å². The van der Waals surface area contributed by atoms with E-state index in [1.54, 1.807) is 4.68 Å². The topological polar surface area (TPSA) is 80.0 Å². The highest BCUT2D eigenvalue weighted by Gasteiger charge is 2.20. The number of rotatable bonds is 5. The molecule has 0 bridgehead atoms. The molecular formula is C14H17ClN4O2. The van der Waals surface area contributed by atoms with Gasteiger partial charge in [-0.3, -0.25) is 4.79 Å². The highest BCUT2D eigenvalue weighted by atomic mass is 35.5. The summed E-state index contributed by atoms with van der Waals surface area (Å²) in [6.45, 7) is 4.57. The van der Waals surface area contributed by atoms with Crippen LogP contribution in [-0.4, -0.2) is 25.8 Å². The molecule has 0 aliphatic carbocycles. The summed E-state index contributed by atoms with van der Waals surface area (Å²) >= 11 is 5.86. The fraction of sp³-hybridized carbons (Fsp3) is 0.357. The first-order valence-electron chi connectivity index (χ1n) is 6.73. The van der Waals surface area contributed by atoms with Crippen LogP contribution < -0.4 is 5.32 Å². The molecule has 1 amide bonds. The molecule has 1 aromatic heterocycles. The summed E-state index contributed by atoms with van der Waals surface area (Å²) in [5.41, 5.74) is 0.142. The Hall–Kier alpha value is -2.08. The number of phenolic OH excluding ortho intramolecular Hbond substituents is 1. The van der Waals surface area contributed by atoms with Crippen LogP contribution in [0.4, 0.5) is 0 Å². The summed E-state index contributed by atoms with van der Waals surface area (Å²) in [6, 6.07) is 4.08. The van der Waals surface area contributed by atoms with E-state index in [2.05, 4.69) is 15.4 Å². The highest BCUT2D eigenvalue weighted by Crippen LogP contribution is 2.23. The number of aromatic hydroxyl groups is 1. The van der Waals surface area contributed by atoms with E-state index < -0.39 is 5.91 Å². The lowest BCUT2D eigenvalue weighted by molar-refractivity contribution is 0.0930. The van der Waals surface area contributed by atoms with Crippen LogP contribution in [0.1, 0.15) is 42.5 Å². The van der Waals surface area contributed by atoms with Crippen molar-refractivity contribution in [3.63, 3.8) is 0 Å². The van der Waals surface area contributed by atoms with Gasteiger partial charge in [0.15, 0.2) is 0 Å². The minimum absolute atomic E-state index is 0.108. The molecule has 1 aromatic carbocycles. The van der Waals surface area contributed by atoms with E-state index >= 15 is 0 Å². The van der Waals surface area contributed by atoms with Gasteiger partial charge in [-0.05, 0) is 31.5 Å². The van der Waals surface area contributed by atoms with Crippen molar-refractivity contribution in [1.29, 1.82) is 0 Å². The second-order valence-electron chi connectivity index (χ2n) is 4.53. The summed E-state index contributed by atoms with van der Waals surface area (Å²) in [5, 5.41) is 17.1. The first-order chi connectivity index (χ1) is 10.1. The van der Waals surface area contributed by atoms with E-state index in [0.29, 0.717) is 23.8 Å². The van der Waals surface area contributed by atoms with Crippen molar-refractivity contribution in [3.8, 4) is 5.75 Å². The third kappa shape index (κ3) is 3.33. The lowest BCUT2D eigenvalue weighted by atomic mass is 10.1. The van der Waals surface area contributed by atoms with Crippen molar-refractivity contribution in [2.45, 2.75) is 32.9 Å². The zero-order valence-corrected chi connectivity index (χ0v) is 12.6. The number of halogens is 1. The molecule has 0 saturated heterocycles. The number of nitrogens with zero attached hydrogens (tertiary/aromatic N) is 3. The van der Waals surface area contributed by atoms with Gasteiger partial charge in [0.1, 0.15) is 17.9 Å². The van der Waals surface area contributed by atoms with Gasteiger partial charge in [-0.15, -0.1) is 0 Å². The van der Waals surface area contributed by atoms with Gasteiger partial charge in [0.05, 0.1) is 11.6 Å². The average Bonchev–Trinajstić information content (AvgIpc) is 2.95. The lowest BCUT2D eigenvalue weighted by Crippen LogP contribution is -2.30. The van der Waals surface area contributed by atoms with Gasteiger partial charge in [-0.2, -0.15) is 5.10 Å². The summed E-state index contributed by atoms with van der Waals surface area (Å²) in [7, 11) is 0. The van der Waals surface area contributed by atoms with Crippen LogP contribution >= 0.6 is 11.6 Å². The van der Waals surface area contributed by atoms with Gasteiger partial charge in [0, 0.05) is 11.6 Å². The van der Waals surface area contributed by atoms with Crippen molar-refractivity contribution in [2.24, 2.45) is 0 Å². The van der Waals surface area contributed by atoms with Crippen LogP contribution in [0.5, 0.6) is 5.75 Å². The maximum Gasteiger partial charge on any atom is 0.255 e. The quantitative estimate of drug-likeness (QED) is 0.889. The van der Waals surface area contributed by atoms with Gasteiger partial charge in [0.2, 0.25) is 0 Å². The van der Waals surface area contributed by atoms with Gasteiger partial charge < -0.3 is 10.4 Å². The minimum Gasteiger partial charge on any atom is -0.507 e. The SMILES string of the molecule is CC[C@@H](NC(=O)c1cc(Cl)ccc1O)c1ncnn1CC. The van der Waals surface area contributed by atoms with Crippen molar-refractivity contribution in [2.75, 3.05) is 0 Å². The monoisotopic (exact) mass is 308 g/mol. The van der Waals surface area contributed by atoms with Crippen molar-refractivity contribution >= 4 is 17.5 Å². The number of phenols is 1. The van der Waals surface area contributed by atoms with Crippen LogP contribution in [0.2, 0.25) is 5.02 Å². The zero-order valence-electron chi connectivity index (χ0n) is 11.9. The van der Waals surface area contributed by atoms with Gasteiger partial charge in [-0.1, -0.05) is 18.5 Å². The van der Waals surface area contributed by atoms with Crippen LogP contribution in [-0.2, 0) is 6.54 Å². The molecule has 6 nitrogen and oxygen atoms in total. The predicted molar refractivity (Wildman–Crippen MR) is 79.3 cm³/mol. The summed E-state index contributed by atoms with van der Waals surface area (Å²) < 4.78 is 1.73. The van der Waals surface area contributed by atoms with Crippen LogP contribution in [0.25, 0.3) is 0 Å². The first kappa shape index (κ1) is 15.3. The van der Waals surface area contributed by atoms with Crippen molar-refractivity contribution in [3.05, 3.63) is 40.9 Å². The van der Waals surface area contributed by atoms with E-state index in [9.17, 15) is 9.90 Å². The molecular weight excluding hydrogens is 292 g/mol. The maximum absolute atomic E-state index is 12.3. The molecule has 0 fully saturated rings.